The van der Waals surface area contributed by atoms with Crippen molar-refractivity contribution in [2.75, 3.05) is 12.3 Å². The van der Waals surface area contributed by atoms with Crippen LogP contribution in [-0.2, 0) is 22.4 Å². The second-order valence-electron chi connectivity index (χ2n) is 7.67. The fourth-order valence-corrected chi connectivity index (χ4v) is 3.32. The molecule has 0 saturated carbocycles. The number of carbonyl (C=O) groups is 3. The van der Waals surface area contributed by atoms with Crippen LogP contribution in [-0.4, -0.2) is 35.2 Å². The zero-order valence-electron chi connectivity index (χ0n) is 18.1. The summed E-state index contributed by atoms with van der Waals surface area (Å²) in [5.74, 6) is -0.894. The van der Waals surface area contributed by atoms with Crippen LogP contribution in [0.15, 0.2) is 84.9 Å². The van der Waals surface area contributed by atoms with Crippen LogP contribution in [0.2, 0.25) is 0 Å². The normalized spacial score (nSPS) is 11.8. The maximum atomic E-state index is 13.1. The van der Waals surface area contributed by atoms with Crippen molar-refractivity contribution in [1.29, 1.82) is 0 Å². The number of aliphatic hydroxyl groups excluding tert-OH is 1. The lowest BCUT2D eigenvalue weighted by molar-refractivity contribution is -0.125. The van der Waals surface area contributed by atoms with Gasteiger partial charge in [0.05, 0.1) is 6.04 Å². The van der Waals surface area contributed by atoms with Gasteiger partial charge >= 0.3 is 0 Å². The van der Waals surface area contributed by atoms with Crippen molar-refractivity contribution in [3.8, 4) is 0 Å². The number of Topliss-reactive ketones (excluding diaryl/α,β-unsaturated/α-hetero) is 2. The molecule has 0 aliphatic heterocycles. The summed E-state index contributed by atoms with van der Waals surface area (Å²) >= 11 is 0. The van der Waals surface area contributed by atoms with Crippen LogP contribution in [0.3, 0.4) is 0 Å². The first kappa shape index (κ1) is 23.6. The van der Waals surface area contributed by atoms with Gasteiger partial charge in [-0.25, -0.2) is 0 Å². The first-order valence-electron chi connectivity index (χ1n) is 10.6. The molecule has 6 heteroatoms. The molecule has 3 aromatic carbocycles. The van der Waals surface area contributed by atoms with Crippen LogP contribution < -0.4 is 11.1 Å². The minimum atomic E-state index is -0.713. The highest BCUT2D eigenvalue weighted by atomic mass is 16.3. The second-order valence-corrected chi connectivity index (χ2v) is 7.67. The van der Waals surface area contributed by atoms with Crippen LogP contribution in [0.4, 0.5) is 5.69 Å². The quantitative estimate of drug-likeness (QED) is 0.254. The SMILES string of the molecule is Nc1ccc(/C=C/C(=O)N[C@@H](Cc2ccccc2)C(=O)Cc2ccc(C(=O)CO)cc2)cc1. The number of benzene rings is 3. The molecule has 0 heterocycles. The molecule has 6 nitrogen and oxygen atoms in total. The fourth-order valence-electron chi connectivity index (χ4n) is 3.32. The van der Waals surface area contributed by atoms with E-state index < -0.39 is 12.6 Å². The van der Waals surface area contributed by atoms with Gasteiger partial charge in [-0.1, -0.05) is 66.7 Å². The average molecular weight is 443 g/mol. The monoisotopic (exact) mass is 442 g/mol. The molecule has 0 aliphatic carbocycles. The first-order valence-corrected chi connectivity index (χ1v) is 10.6. The second kappa shape index (κ2) is 11.5. The number of nitrogens with two attached hydrogens (primary N) is 1. The van der Waals surface area contributed by atoms with Crippen LogP contribution in [0.1, 0.15) is 27.0 Å². The molecule has 0 spiro atoms. The van der Waals surface area contributed by atoms with Gasteiger partial charge in [0.1, 0.15) is 6.61 Å². The van der Waals surface area contributed by atoms with E-state index in [4.69, 9.17) is 10.8 Å². The van der Waals surface area contributed by atoms with E-state index >= 15 is 0 Å². The molecule has 0 saturated heterocycles. The molecule has 0 bridgehead atoms. The molecular formula is C27H26N2O4. The largest absolute Gasteiger partial charge is 0.399 e. The highest BCUT2D eigenvalue weighted by Gasteiger charge is 2.21. The number of nitrogens with one attached hydrogen (secondary N) is 1. The molecule has 0 radical (unpaired) electrons. The Bertz CT molecular complexity index is 1120. The molecule has 0 aromatic heterocycles. The number of nitrogen functional groups attached to an aromatic ring is 1. The lowest BCUT2D eigenvalue weighted by Crippen LogP contribution is -2.42. The average Bonchev–Trinajstić information content (AvgIpc) is 2.84. The van der Waals surface area contributed by atoms with Crippen molar-refractivity contribution in [2.45, 2.75) is 18.9 Å². The molecule has 3 aromatic rings. The van der Waals surface area contributed by atoms with Crippen molar-refractivity contribution < 1.29 is 19.5 Å². The van der Waals surface area contributed by atoms with Gasteiger partial charge in [-0.2, -0.15) is 0 Å². The van der Waals surface area contributed by atoms with E-state index in [-0.39, 0.29) is 23.9 Å². The van der Waals surface area contributed by atoms with Crippen LogP contribution >= 0.6 is 0 Å². The summed E-state index contributed by atoms with van der Waals surface area (Å²) in [4.78, 5) is 37.2. The van der Waals surface area contributed by atoms with Gasteiger partial charge in [0.2, 0.25) is 5.91 Å². The maximum absolute atomic E-state index is 13.1. The third kappa shape index (κ3) is 7.26. The molecule has 168 valence electrons. The number of ketones is 2. The first-order chi connectivity index (χ1) is 15.9. The number of hydrogen-bond donors (Lipinski definition) is 3. The Kier molecular flexibility index (Phi) is 8.27. The van der Waals surface area contributed by atoms with Crippen molar-refractivity contribution in [1.82, 2.24) is 5.32 Å². The minimum absolute atomic E-state index is 0.104. The van der Waals surface area contributed by atoms with Crippen LogP contribution in [0, 0.1) is 0 Å². The summed E-state index contributed by atoms with van der Waals surface area (Å²) in [7, 11) is 0. The molecular weight excluding hydrogens is 416 g/mol. The van der Waals surface area contributed by atoms with E-state index in [1.54, 1.807) is 54.6 Å². The number of rotatable bonds is 10. The molecule has 0 unspecified atom stereocenters. The zero-order valence-corrected chi connectivity index (χ0v) is 18.1. The van der Waals surface area contributed by atoms with E-state index in [0.29, 0.717) is 17.7 Å². The third-order valence-electron chi connectivity index (χ3n) is 5.15. The summed E-state index contributed by atoms with van der Waals surface area (Å²) in [6, 6.07) is 22.4. The molecule has 0 aliphatic rings. The molecule has 33 heavy (non-hydrogen) atoms. The van der Waals surface area contributed by atoms with Gasteiger partial charge in [0, 0.05) is 23.7 Å². The summed E-state index contributed by atoms with van der Waals surface area (Å²) in [6.45, 7) is -0.562. The predicted molar refractivity (Wildman–Crippen MR) is 129 cm³/mol. The topological polar surface area (TPSA) is 109 Å². The van der Waals surface area contributed by atoms with Gasteiger partial charge < -0.3 is 16.2 Å². The third-order valence-corrected chi connectivity index (χ3v) is 5.15. The molecule has 0 fully saturated rings. The van der Waals surface area contributed by atoms with E-state index in [1.807, 2.05) is 30.3 Å². The highest BCUT2D eigenvalue weighted by molar-refractivity contribution is 5.98. The highest BCUT2D eigenvalue weighted by Crippen LogP contribution is 2.11. The van der Waals surface area contributed by atoms with Crippen LogP contribution in [0.5, 0.6) is 0 Å². The minimum Gasteiger partial charge on any atom is -0.399 e. The summed E-state index contributed by atoms with van der Waals surface area (Å²) in [6.07, 6.45) is 3.52. The van der Waals surface area contributed by atoms with Gasteiger partial charge in [-0.15, -0.1) is 0 Å². The Morgan fingerprint density at radius 3 is 2.18 bits per heavy atom. The smallest absolute Gasteiger partial charge is 0.244 e. The Morgan fingerprint density at radius 2 is 1.55 bits per heavy atom. The van der Waals surface area contributed by atoms with E-state index in [9.17, 15) is 14.4 Å². The number of aliphatic hydroxyl groups is 1. The van der Waals surface area contributed by atoms with E-state index in [0.717, 1.165) is 16.7 Å². The molecule has 1 amide bonds. The van der Waals surface area contributed by atoms with E-state index in [2.05, 4.69) is 5.32 Å². The van der Waals surface area contributed by atoms with Crippen molar-refractivity contribution in [2.24, 2.45) is 0 Å². The Morgan fingerprint density at radius 1 is 0.879 bits per heavy atom. The number of amides is 1. The number of hydrogen-bond acceptors (Lipinski definition) is 5. The fraction of sp³-hybridized carbons (Fsp3) is 0.148. The number of carbonyl (C=O) groups excluding carboxylic acids is 3. The standard InChI is InChI=1S/C27H26N2O4/c28-23-13-8-19(9-14-23)10-15-27(33)29-24(16-20-4-2-1-3-5-20)25(31)17-21-6-11-22(12-7-21)26(32)18-30/h1-15,24,30H,16-18,28H2,(H,29,33)/b15-10+/t24-/m0/s1. The van der Waals surface area contributed by atoms with Crippen molar-refractivity contribution in [3.05, 3.63) is 107 Å². The molecule has 1 atom stereocenters. The maximum Gasteiger partial charge on any atom is 0.244 e. The Balaban J connectivity index is 1.71. The summed E-state index contributed by atoms with van der Waals surface area (Å²) in [5, 5.41) is 11.8. The molecule has 3 rings (SSSR count). The van der Waals surface area contributed by atoms with Gasteiger partial charge in [-0.05, 0) is 41.3 Å². The van der Waals surface area contributed by atoms with Gasteiger partial charge in [0.25, 0.3) is 0 Å². The molecule has 4 N–H and O–H groups in total. The van der Waals surface area contributed by atoms with Crippen molar-refractivity contribution in [3.63, 3.8) is 0 Å². The lowest BCUT2D eigenvalue weighted by atomic mass is 9.97. The van der Waals surface area contributed by atoms with Crippen molar-refractivity contribution >= 4 is 29.2 Å². The van der Waals surface area contributed by atoms with Gasteiger partial charge in [0.15, 0.2) is 11.6 Å². The predicted octanol–water partition coefficient (Wildman–Crippen LogP) is 3.00. The van der Waals surface area contributed by atoms with Gasteiger partial charge in [-0.3, -0.25) is 14.4 Å². The summed E-state index contributed by atoms with van der Waals surface area (Å²) < 4.78 is 0. The number of anilines is 1. The zero-order chi connectivity index (χ0) is 23.6. The Labute approximate surface area is 192 Å². The lowest BCUT2D eigenvalue weighted by Gasteiger charge is -2.17. The van der Waals surface area contributed by atoms with E-state index in [1.165, 1.54) is 6.08 Å². The van der Waals surface area contributed by atoms with Crippen LogP contribution in [0.25, 0.3) is 6.08 Å². The summed E-state index contributed by atoms with van der Waals surface area (Å²) in [5.41, 5.74) is 9.18. The Hall–Kier alpha value is -4.03.